The minimum absolute atomic E-state index is 0.236. The molecule has 8 nitrogen and oxygen atoms in total. The summed E-state index contributed by atoms with van der Waals surface area (Å²) in [5.74, 6) is -2.63. The summed E-state index contributed by atoms with van der Waals surface area (Å²) >= 11 is 0. The lowest BCUT2D eigenvalue weighted by Crippen LogP contribution is -2.29. The van der Waals surface area contributed by atoms with E-state index in [1.165, 1.54) is 47.0 Å². The third-order valence-corrected chi connectivity index (χ3v) is 4.01. The number of carboxylic acids is 1. The molecule has 0 aliphatic rings. The molecular formula is C19H17FN4O4. The van der Waals surface area contributed by atoms with Crippen LogP contribution in [0.2, 0.25) is 0 Å². The van der Waals surface area contributed by atoms with E-state index in [9.17, 15) is 18.8 Å². The van der Waals surface area contributed by atoms with Crippen molar-refractivity contribution >= 4 is 29.1 Å². The van der Waals surface area contributed by atoms with Crippen LogP contribution in [-0.2, 0) is 11.2 Å². The minimum atomic E-state index is -1.14. The van der Waals surface area contributed by atoms with E-state index in [4.69, 9.17) is 5.11 Å². The molecule has 0 aliphatic carbocycles. The number of imidazole rings is 1. The van der Waals surface area contributed by atoms with E-state index >= 15 is 0 Å². The van der Waals surface area contributed by atoms with Crippen LogP contribution in [0, 0.1) is 5.82 Å². The van der Waals surface area contributed by atoms with E-state index in [0.717, 1.165) is 0 Å². The van der Waals surface area contributed by atoms with Gasteiger partial charge in [0, 0.05) is 17.4 Å². The second kappa shape index (κ2) is 7.87. The van der Waals surface area contributed by atoms with Crippen molar-refractivity contribution in [3.8, 4) is 0 Å². The second-order valence-corrected chi connectivity index (χ2v) is 5.94. The zero-order chi connectivity index (χ0) is 20.3. The van der Waals surface area contributed by atoms with Crippen molar-refractivity contribution < 1.29 is 23.9 Å². The highest BCUT2D eigenvalue weighted by atomic mass is 19.1. The third-order valence-electron chi connectivity index (χ3n) is 4.01. The molecule has 3 N–H and O–H groups in total. The van der Waals surface area contributed by atoms with Crippen LogP contribution in [0.1, 0.15) is 33.5 Å². The lowest BCUT2D eigenvalue weighted by atomic mass is 10.2. The summed E-state index contributed by atoms with van der Waals surface area (Å²) in [5.41, 5.74) is 1.92. The molecule has 0 fully saturated rings. The first kappa shape index (κ1) is 19.0. The molecular weight excluding hydrogens is 367 g/mol. The van der Waals surface area contributed by atoms with Crippen molar-refractivity contribution in [2.75, 3.05) is 11.9 Å². The molecule has 144 valence electrons. The molecule has 0 saturated heterocycles. The van der Waals surface area contributed by atoms with Crippen LogP contribution < -0.4 is 10.6 Å². The number of fused-ring (bicyclic) bond motifs is 1. The quantitative estimate of drug-likeness (QED) is 0.602. The van der Waals surface area contributed by atoms with Crippen LogP contribution in [-0.4, -0.2) is 38.8 Å². The predicted molar refractivity (Wildman–Crippen MR) is 98.9 cm³/mol. The number of benzene rings is 1. The molecule has 28 heavy (non-hydrogen) atoms. The summed E-state index contributed by atoms with van der Waals surface area (Å²) in [4.78, 5) is 39.4. The van der Waals surface area contributed by atoms with Gasteiger partial charge in [-0.15, -0.1) is 0 Å². The van der Waals surface area contributed by atoms with E-state index in [0.29, 0.717) is 23.4 Å². The Bertz CT molecular complexity index is 1060. The maximum atomic E-state index is 13.6. The lowest BCUT2D eigenvalue weighted by Gasteiger charge is -2.08. The molecule has 0 radical (unpaired) electrons. The number of hydrogen-bond acceptors (Lipinski definition) is 4. The largest absolute Gasteiger partial charge is 0.480 e. The first-order valence-corrected chi connectivity index (χ1v) is 8.47. The number of rotatable bonds is 6. The van der Waals surface area contributed by atoms with Gasteiger partial charge in [-0.1, -0.05) is 6.92 Å². The number of amides is 2. The number of hydrogen-bond donors (Lipinski definition) is 3. The average molecular weight is 384 g/mol. The summed E-state index contributed by atoms with van der Waals surface area (Å²) in [7, 11) is 0. The van der Waals surface area contributed by atoms with Crippen molar-refractivity contribution in [2.24, 2.45) is 0 Å². The molecule has 0 atom stereocenters. The number of aromatic nitrogens is 2. The molecule has 3 aromatic rings. The van der Waals surface area contributed by atoms with Gasteiger partial charge in [0.15, 0.2) is 0 Å². The van der Waals surface area contributed by atoms with Gasteiger partial charge in [0.25, 0.3) is 11.8 Å². The number of halogens is 1. The molecule has 0 bridgehead atoms. The molecule has 0 aliphatic heterocycles. The number of aryl methyl sites for hydroxylation is 1. The van der Waals surface area contributed by atoms with Crippen LogP contribution in [0.4, 0.5) is 10.1 Å². The number of nitrogens with zero attached hydrogens (tertiary/aromatic N) is 2. The maximum Gasteiger partial charge on any atom is 0.322 e. The van der Waals surface area contributed by atoms with Gasteiger partial charge in [-0.25, -0.2) is 9.37 Å². The van der Waals surface area contributed by atoms with Crippen molar-refractivity contribution in [1.82, 2.24) is 14.7 Å². The van der Waals surface area contributed by atoms with Gasteiger partial charge in [-0.2, -0.15) is 0 Å². The normalized spacial score (nSPS) is 10.6. The molecule has 2 amide bonds. The van der Waals surface area contributed by atoms with Crippen LogP contribution in [0.5, 0.6) is 0 Å². The Kier molecular flexibility index (Phi) is 5.35. The predicted octanol–water partition coefficient (Wildman–Crippen LogP) is 2.10. The molecule has 0 spiro atoms. The Balaban J connectivity index is 1.80. The van der Waals surface area contributed by atoms with Gasteiger partial charge in [-0.05, 0) is 42.8 Å². The Morgan fingerprint density at radius 3 is 2.46 bits per heavy atom. The zero-order valence-electron chi connectivity index (χ0n) is 14.9. The summed E-state index contributed by atoms with van der Waals surface area (Å²) < 4.78 is 15.0. The summed E-state index contributed by atoms with van der Waals surface area (Å²) in [6.07, 6.45) is 1.70. The zero-order valence-corrected chi connectivity index (χ0v) is 14.9. The van der Waals surface area contributed by atoms with E-state index < -0.39 is 30.1 Å². The number of carboxylic acid groups (broad SMARTS) is 1. The molecule has 0 unspecified atom stereocenters. The molecule has 9 heteroatoms. The van der Waals surface area contributed by atoms with Gasteiger partial charge in [0.2, 0.25) is 0 Å². The molecule has 1 aromatic carbocycles. The highest BCUT2D eigenvalue weighted by Crippen LogP contribution is 2.17. The molecule has 2 heterocycles. The van der Waals surface area contributed by atoms with Gasteiger partial charge in [-0.3, -0.25) is 18.8 Å². The number of carbonyl (C=O) groups excluding carboxylic acids is 2. The van der Waals surface area contributed by atoms with E-state index in [1.54, 1.807) is 0 Å². The minimum Gasteiger partial charge on any atom is -0.480 e. The van der Waals surface area contributed by atoms with Gasteiger partial charge in [0.1, 0.15) is 23.7 Å². The van der Waals surface area contributed by atoms with E-state index in [2.05, 4.69) is 15.6 Å². The second-order valence-electron chi connectivity index (χ2n) is 5.94. The van der Waals surface area contributed by atoms with E-state index in [-0.39, 0.29) is 11.3 Å². The smallest absolute Gasteiger partial charge is 0.322 e. The Hall–Kier alpha value is -3.75. The highest BCUT2D eigenvalue weighted by molar-refractivity contribution is 6.05. The molecule has 3 rings (SSSR count). The van der Waals surface area contributed by atoms with Crippen LogP contribution in [0.25, 0.3) is 5.65 Å². The van der Waals surface area contributed by atoms with Crippen LogP contribution >= 0.6 is 0 Å². The van der Waals surface area contributed by atoms with Crippen molar-refractivity contribution in [3.05, 3.63) is 65.4 Å². The number of aliphatic carboxylic acids is 1. The fraction of sp³-hybridized carbons (Fsp3) is 0.158. The average Bonchev–Trinajstić information content (AvgIpc) is 3.04. The SMILES string of the molecule is CCc1nc2ccc(F)cn2c1C(=O)Nc1ccc(C(=O)NCC(=O)O)cc1. The first-order chi connectivity index (χ1) is 13.4. The fourth-order valence-corrected chi connectivity index (χ4v) is 2.71. The fourth-order valence-electron chi connectivity index (χ4n) is 2.71. The third kappa shape index (κ3) is 3.98. The van der Waals surface area contributed by atoms with Gasteiger partial charge in [0.05, 0.1) is 5.69 Å². The monoisotopic (exact) mass is 384 g/mol. The highest BCUT2D eigenvalue weighted by Gasteiger charge is 2.19. The molecule has 0 saturated carbocycles. The Labute approximate surface area is 159 Å². The Morgan fingerprint density at radius 2 is 1.82 bits per heavy atom. The number of anilines is 1. The number of carbonyl (C=O) groups is 3. The molecule has 2 aromatic heterocycles. The van der Waals surface area contributed by atoms with Crippen molar-refractivity contribution in [3.63, 3.8) is 0 Å². The summed E-state index contributed by atoms with van der Waals surface area (Å²) in [6.45, 7) is 1.36. The van der Waals surface area contributed by atoms with Crippen LogP contribution in [0.15, 0.2) is 42.6 Å². The van der Waals surface area contributed by atoms with E-state index in [1.807, 2.05) is 6.92 Å². The van der Waals surface area contributed by atoms with Gasteiger partial charge < -0.3 is 15.7 Å². The first-order valence-electron chi connectivity index (χ1n) is 8.47. The maximum absolute atomic E-state index is 13.6. The van der Waals surface area contributed by atoms with Crippen LogP contribution in [0.3, 0.4) is 0 Å². The standard InChI is InChI=1S/C19H17FN4O4/c1-2-14-17(24-10-12(20)5-8-15(24)23-14)19(28)22-13-6-3-11(4-7-13)18(27)21-9-16(25)26/h3-8,10H,2,9H2,1H3,(H,21,27)(H,22,28)(H,25,26). The lowest BCUT2D eigenvalue weighted by molar-refractivity contribution is -0.135. The topological polar surface area (TPSA) is 113 Å². The van der Waals surface area contributed by atoms with Crippen molar-refractivity contribution in [2.45, 2.75) is 13.3 Å². The Morgan fingerprint density at radius 1 is 1.11 bits per heavy atom. The number of nitrogens with one attached hydrogen (secondary N) is 2. The van der Waals surface area contributed by atoms with Crippen molar-refractivity contribution in [1.29, 1.82) is 0 Å². The summed E-state index contributed by atoms with van der Waals surface area (Å²) in [5, 5.41) is 13.5. The van der Waals surface area contributed by atoms with Gasteiger partial charge >= 0.3 is 5.97 Å². The number of pyridine rings is 1. The summed E-state index contributed by atoms with van der Waals surface area (Å²) in [6, 6.07) is 8.72.